The maximum absolute atomic E-state index is 12.8. The van der Waals surface area contributed by atoms with E-state index in [1.54, 1.807) is 17.8 Å². The number of carbonyl (C=O) groups excluding carboxylic acids is 1. The molecule has 1 unspecified atom stereocenters. The van der Waals surface area contributed by atoms with Crippen molar-refractivity contribution >= 4 is 34.4 Å². The van der Waals surface area contributed by atoms with Gasteiger partial charge in [0.1, 0.15) is 10.5 Å². The van der Waals surface area contributed by atoms with Crippen LogP contribution in [0.2, 0.25) is 5.02 Å². The van der Waals surface area contributed by atoms with Gasteiger partial charge in [0.25, 0.3) is 5.91 Å². The first-order chi connectivity index (χ1) is 11.6. The van der Waals surface area contributed by atoms with E-state index in [-0.39, 0.29) is 5.91 Å². The first kappa shape index (κ1) is 15.1. The standard InChI is InChI=1S/C18H19ClN2O2S/c19-12-3-4-15-13(9-12)18(5-6-23-15)16(22)21-17(24-18)20-14-8-10-1-2-11(14)7-10/h3-4,9-11,14H,1-2,5-8H2,(H,20,21,22)/t10-,11+,14+,18?/m1/s1. The molecule has 1 aromatic carbocycles. The number of hydrogen-bond donors (Lipinski definition) is 1. The Morgan fingerprint density at radius 3 is 3.04 bits per heavy atom. The molecule has 6 heteroatoms. The molecule has 4 nitrogen and oxygen atoms in total. The van der Waals surface area contributed by atoms with Crippen LogP contribution in [0.5, 0.6) is 5.75 Å². The van der Waals surface area contributed by atoms with Crippen LogP contribution in [-0.2, 0) is 9.54 Å². The fourth-order valence-electron chi connectivity index (χ4n) is 4.77. The van der Waals surface area contributed by atoms with Crippen LogP contribution in [0.15, 0.2) is 23.2 Å². The lowest BCUT2D eigenvalue weighted by Gasteiger charge is -2.32. The zero-order chi connectivity index (χ0) is 16.3. The van der Waals surface area contributed by atoms with E-state index >= 15 is 0 Å². The van der Waals surface area contributed by atoms with E-state index in [1.165, 1.54) is 25.7 Å². The van der Waals surface area contributed by atoms with Gasteiger partial charge >= 0.3 is 0 Å². The molecule has 0 saturated heterocycles. The molecule has 1 N–H and O–H groups in total. The molecule has 1 amide bonds. The fraction of sp³-hybridized carbons (Fsp3) is 0.556. The first-order valence-electron chi connectivity index (χ1n) is 8.65. The van der Waals surface area contributed by atoms with E-state index in [0.29, 0.717) is 24.1 Å². The summed E-state index contributed by atoms with van der Waals surface area (Å²) in [5, 5.41) is 4.98. The SMILES string of the molecule is O=C1N=C(N[C@H]2C[C@@H]3CC[C@H]2C3)SC12CCOc1ccc(Cl)cc12. The number of rotatable bonds is 1. The molecule has 5 rings (SSSR count). The van der Waals surface area contributed by atoms with Crippen molar-refractivity contribution in [3.8, 4) is 5.75 Å². The highest BCUT2D eigenvalue weighted by Crippen LogP contribution is 2.52. The first-order valence-corrected chi connectivity index (χ1v) is 9.85. The molecule has 24 heavy (non-hydrogen) atoms. The van der Waals surface area contributed by atoms with E-state index in [4.69, 9.17) is 16.3 Å². The van der Waals surface area contributed by atoms with Crippen molar-refractivity contribution in [3.63, 3.8) is 0 Å². The van der Waals surface area contributed by atoms with E-state index in [0.717, 1.165) is 28.3 Å². The topological polar surface area (TPSA) is 50.7 Å². The van der Waals surface area contributed by atoms with E-state index in [1.807, 2.05) is 12.1 Å². The van der Waals surface area contributed by atoms with Crippen LogP contribution in [0.1, 0.15) is 37.7 Å². The van der Waals surface area contributed by atoms with Gasteiger partial charge in [0, 0.05) is 23.0 Å². The van der Waals surface area contributed by atoms with Crippen LogP contribution in [0, 0.1) is 11.8 Å². The normalized spacial score (nSPS) is 36.6. The summed E-state index contributed by atoms with van der Waals surface area (Å²) < 4.78 is 5.06. The van der Waals surface area contributed by atoms with Crippen LogP contribution in [0.4, 0.5) is 0 Å². The predicted octanol–water partition coefficient (Wildman–Crippen LogP) is 3.73. The average Bonchev–Trinajstić information content (AvgIpc) is 3.25. The van der Waals surface area contributed by atoms with Gasteiger partial charge in [0.15, 0.2) is 5.17 Å². The highest BCUT2D eigenvalue weighted by molar-refractivity contribution is 8.15. The number of thioether (sulfide) groups is 1. The summed E-state index contributed by atoms with van der Waals surface area (Å²) in [6.45, 7) is 0.532. The van der Waals surface area contributed by atoms with E-state index in [2.05, 4.69) is 10.3 Å². The lowest BCUT2D eigenvalue weighted by molar-refractivity contribution is -0.120. The van der Waals surface area contributed by atoms with Crippen molar-refractivity contribution in [3.05, 3.63) is 28.8 Å². The number of carbonyl (C=O) groups is 1. The molecular formula is C18H19ClN2O2S. The Balaban J connectivity index is 1.42. The van der Waals surface area contributed by atoms with Gasteiger partial charge in [0.05, 0.1) is 6.61 Å². The van der Waals surface area contributed by atoms with Crippen LogP contribution in [-0.4, -0.2) is 23.7 Å². The third kappa shape index (κ3) is 2.21. The number of amides is 1. The lowest BCUT2D eigenvalue weighted by Crippen LogP contribution is -2.38. The summed E-state index contributed by atoms with van der Waals surface area (Å²) in [6.07, 6.45) is 5.87. The highest BCUT2D eigenvalue weighted by atomic mass is 35.5. The minimum absolute atomic E-state index is 0.0787. The van der Waals surface area contributed by atoms with Gasteiger partial charge < -0.3 is 10.1 Å². The van der Waals surface area contributed by atoms with E-state index < -0.39 is 4.75 Å². The largest absolute Gasteiger partial charge is 0.493 e. The number of benzene rings is 1. The molecule has 2 fully saturated rings. The molecule has 4 aliphatic rings. The van der Waals surface area contributed by atoms with Crippen LogP contribution in [0.3, 0.4) is 0 Å². The summed E-state index contributed by atoms with van der Waals surface area (Å²) in [7, 11) is 0. The number of nitrogens with one attached hydrogen (secondary N) is 1. The minimum atomic E-state index is -0.668. The highest BCUT2D eigenvalue weighted by Gasteiger charge is 2.51. The monoisotopic (exact) mass is 362 g/mol. The van der Waals surface area contributed by atoms with Crippen molar-refractivity contribution < 1.29 is 9.53 Å². The summed E-state index contributed by atoms with van der Waals surface area (Å²) in [4.78, 5) is 17.2. The second-order valence-electron chi connectivity index (χ2n) is 7.32. The molecule has 126 valence electrons. The van der Waals surface area contributed by atoms with Crippen LogP contribution >= 0.6 is 23.4 Å². The molecule has 1 aromatic rings. The number of nitrogens with zero attached hydrogens (tertiary/aromatic N) is 1. The molecule has 2 saturated carbocycles. The zero-order valence-electron chi connectivity index (χ0n) is 13.3. The van der Waals surface area contributed by atoms with Gasteiger partial charge in [-0.25, -0.2) is 0 Å². The van der Waals surface area contributed by atoms with Crippen molar-refractivity contribution in [1.29, 1.82) is 0 Å². The third-order valence-electron chi connectivity index (χ3n) is 5.95. The molecule has 2 aliphatic heterocycles. The van der Waals surface area contributed by atoms with Gasteiger partial charge in [-0.1, -0.05) is 29.8 Å². The smallest absolute Gasteiger partial charge is 0.269 e. The Bertz CT molecular complexity index is 753. The van der Waals surface area contributed by atoms with Crippen molar-refractivity contribution in [2.45, 2.75) is 42.9 Å². The molecule has 2 aliphatic carbocycles. The van der Waals surface area contributed by atoms with Gasteiger partial charge in [0.2, 0.25) is 0 Å². The van der Waals surface area contributed by atoms with Gasteiger partial charge in [-0.3, -0.25) is 4.79 Å². The molecule has 0 aromatic heterocycles. The van der Waals surface area contributed by atoms with Gasteiger partial charge in [-0.05, 0) is 49.3 Å². The number of ether oxygens (including phenoxy) is 1. The number of fused-ring (bicyclic) bond motifs is 4. The van der Waals surface area contributed by atoms with Crippen molar-refractivity contribution in [2.75, 3.05) is 6.61 Å². The summed E-state index contributed by atoms with van der Waals surface area (Å²) >= 11 is 7.73. The molecule has 0 radical (unpaired) electrons. The van der Waals surface area contributed by atoms with Crippen LogP contribution in [0.25, 0.3) is 0 Å². The zero-order valence-corrected chi connectivity index (χ0v) is 14.8. The Morgan fingerprint density at radius 1 is 1.33 bits per heavy atom. The fourth-order valence-corrected chi connectivity index (χ4v) is 6.20. The number of hydrogen-bond acceptors (Lipinski definition) is 4. The van der Waals surface area contributed by atoms with E-state index in [9.17, 15) is 4.79 Å². The van der Waals surface area contributed by atoms with Gasteiger partial charge in [-0.15, -0.1) is 0 Å². The quantitative estimate of drug-likeness (QED) is 0.827. The Hall–Kier alpha value is -1.20. The second kappa shape index (κ2) is 5.40. The van der Waals surface area contributed by atoms with Crippen molar-refractivity contribution in [2.24, 2.45) is 16.8 Å². The lowest BCUT2D eigenvalue weighted by atomic mass is 9.91. The third-order valence-corrected chi connectivity index (χ3v) is 7.54. The number of aliphatic imine (C=N–C) groups is 1. The summed E-state index contributed by atoms with van der Waals surface area (Å²) in [5.41, 5.74) is 0.866. The maximum atomic E-state index is 12.8. The number of amidine groups is 1. The molecule has 2 bridgehead atoms. The Morgan fingerprint density at radius 2 is 2.25 bits per heavy atom. The average molecular weight is 363 g/mol. The van der Waals surface area contributed by atoms with Crippen LogP contribution < -0.4 is 10.1 Å². The molecule has 4 atom stereocenters. The molecule has 1 spiro atoms. The molecular weight excluding hydrogens is 344 g/mol. The Labute approximate surface area is 150 Å². The second-order valence-corrected chi connectivity index (χ2v) is 9.04. The minimum Gasteiger partial charge on any atom is -0.493 e. The summed E-state index contributed by atoms with van der Waals surface area (Å²) in [6, 6.07) is 6.00. The molecule has 2 heterocycles. The summed E-state index contributed by atoms with van der Waals surface area (Å²) in [5.74, 6) is 2.29. The number of halogens is 1. The maximum Gasteiger partial charge on any atom is 0.269 e. The Kier molecular flexibility index (Phi) is 3.39. The van der Waals surface area contributed by atoms with Gasteiger partial charge in [-0.2, -0.15) is 4.99 Å². The van der Waals surface area contributed by atoms with Crippen molar-refractivity contribution in [1.82, 2.24) is 5.32 Å². The predicted molar refractivity (Wildman–Crippen MR) is 95.6 cm³/mol.